The molecule has 0 radical (unpaired) electrons. The highest BCUT2D eigenvalue weighted by Crippen LogP contribution is 2.44. The highest BCUT2D eigenvalue weighted by Gasteiger charge is 2.35. The molecule has 15 heavy (non-hydrogen) atoms. The fourth-order valence-corrected chi connectivity index (χ4v) is 3.63. The Morgan fingerprint density at radius 2 is 1.93 bits per heavy atom. The van der Waals surface area contributed by atoms with Crippen molar-refractivity contribution in [3.63, 3.8) is 0 Å². The number of hydrogen-bond acceptors (Lipinski definition) is 0. The Balaban J connectivity index is 2.67. The predicted molar refractivity (Wildman–Crippen MR) is 68.9 cm³/mol. The topological polar surface area (TPSA) is 0 Å². The van der Waals surface area contributed by atoms with Crippen molar-refractivity contribution in [3.05, 3.63) is 12.2 Å². The molecule has 0 amide bonds. The summed E-state index contributed by atoms with van der Waals surface area (Å²) < 4.78 is 0. The Morgan fingerprint density at radius 1 is 1.27 bits per heavy atom. The SMILES string of the molecule is C=C(C)C1CCC(CCC)C(C)C1CC. The van der Waals surface area contributed by atoms with Gasteiger partial charge in [-0.2, -0.15) is 0 Å². The first kappa shape index (κ1) is 12.8. The molecule has 0 aromatic rings. The van der Waals surface area contributed by atoms with E-state index in [1.807, 2.05) is 0 Å². The van der Waals surface area contributed by atoms with Crippen LogP contribution in [0.2, 0.25) is 0 Å². The van der Waals surface area contributed by atoms with Crippen molar-refractivity contribution in [2.45, 2.75) is 59.8 Å². The van der Waals surface area contributed by atoms with Crippen LogP contribution < -0.4 is 0 Å². The van der Waals surface area contributed by atoms with Gasteiger partial charge < -0.3 is 0 Å². The maximum atomic E-state index is 4.18. The van der Waals surface area contributed by atoms with Crippen molar-refractivity contribution in [1.29, 1.82) is 0 Å². The molecule has 0 aromatic heterocycles. The van der Waals surface area contributed by atoms with E-state index < -0.39 is 0 Å². The normalized spacial score (nSPS) is 36.5. The summed E-state index contributed by atoms with van der Waals surface area (Å²) in [7, 11) is 0. The summed E-state index contributed by atoms with van der Waals surface area (Å²) in [6.07, 6.45) is 6.94. The van der Waals surface area contributed by atoms with E-state index in [2.05, 4.69) is 34.3 Å². The van der Waals surface area contributed by atoms with Gasteiger partial charge in [-0.3, -0.25) is 0 Å². The van der Waals surface area contributed by atoms with Gasteiger partial charge in [-0.25, -0.2) is 0 Å². The molecule has 1 aliphatic rings. The molecule has 4 atom stereocenters. The standard InChI is InChI=1S/C15H28/c1-6-8-13-9-10-15(11(3)4)14(7-2)12(13)5/h12-15H,3,6-10H2,1-2,4-5H3. The van der Waals surface area contributed by atoms with E-state index in [1.165, 1.54) is 37.7 Å². The molecular formula is C15H28. The van der Waals surface area contributed by atoms with Gasteiger partial charge in [-0.1, -0.05) is 52.2 Å². The van der Waals surface area contributed by atoms with Gasteiger partial charge in [0.15, 0.2) is 0 Å². The molecule has 0 heterocycles. The van der Waals surface area contributed by atoms with Crippen molar-refractivity contribution >= 4 is 0 Å². The molecule has 0 saturated heterocycles. The second kappa shape index (κ2) is 5.72. The zero-order valence-corrected chi connectivity index (χ0v) is 11.1. The molecule has 0 aromatic carbocycles. The van der Waals surface area contributed by atoms with Gasteiger partial charge in [0.2, 0.25) is 0 Å². The third-order valence-electron chi connectivity index (χ3n) is 4.55. The summed E-state index contributed by atoms with van der Waals surface area (Å²) in [6, 6.07) is 0. The second-order valence-electron chi connectivity index (χ2n) is 5.51. The van der Waals surface area contributed by atoms with Crippen LogP contribution in [-0.4, -0.2) is 0 Å². The fraction of sp³-hybridized carbons (Fsp3) is 0.867. The molecule has 1 rings (SSSR count). The van der Waals surface area contributed by atoms with Gasteiger partial charge in [0.1, 0.15) is 0 Å². The van der Waals surface area contributed by atoms with E-state index in [0.29, 0.717) is 0 Å². The third-order valence-corrected chi connectivity index (χ3v) is 4.55. The quantitative estimate of drug-likeness (QED) is 0.567. The molecule has 1 aliphatic carbocycles. The Bertz CT molecular complexity index is 204. The van der Waals surface area contributed by atoms with Crippen LogP contribution in [0.1, 0.15) is 59.8 Å². The zero-order valence-electron chi connectivity index (χ0n) is 11.1. The molecule has 0 nitrogen and oxygen atoms in total. The molecule has 0 aliphatic heterocycles. The highest BCUT2D eigenvalue weighted by atomic mass is 14.4. The molecule has 0 bridgehead atoms. The van der Waals surface area contributed by atoms with Crippen LogP contribution in [0.3, 0.4) is 0 Å². The molecule has 4 unspecified atom stereocenters. The lowest BCUT2D eigenvalue weighted by Crippen LogP contribution is -2.33. The number of hydrogen-bond donors (Lipinski definition) is 0. The monoisotopic (exact) mass is 208 g/mol. The van der Waals surface area contributed by atoms with Gasteiger partial charge >= 0.3 is 0 Å². The Morgan fingerprint density at radius 3 is 2.40 bits per heavy atom. The third kappa shape index (κ3) is 2.86. The van der Waals surface area contributed by atoms with Gasteiger partial charge in [0, 0.05) is 0 Å². The zero-order chi connectivity index (χ0) is 11.4. The van der Waals surface area contributed by atoms with Crippen molar-refractivity contribution in [2.75, 3.05) is 0 Å². The van der Waals surface area contributed by atoms with E-state index in [-0.39, 0.29) is 0 Å². The largest absolute Gasteiger partial charge is 0.0999 e. The fourth-order valence-electron chi connectivity index (χ4n) is 3.63. The van der Waals surface area contributed by atoms with Crippen molar-refractivity contribution in [1.82, 2.24) is 0 Å². The number of allylic oxidation sites excluding steroid dienone is 1. The van der Waals surface area contributed by atoms with Crippen LogP contribution in [0.4, 0.5) is 0 Å². The lowest BCUT2D eigenvalue weighted by atomic mass is 9.63. The maximum Gasteiger partial charge on any atom is -0.0178 e. The first-order valence-electron chi connectivity index (χ1n) is 6.77. The molecule has 0 spiro atoms. The van der Waals surface area contributed by atoms with Crippen LogP contribution in [0.5, 0.6) is 0 Å². The average Bonchev–Trinajstić information content (AvgIpc) is 2.20. The molecule has 88 valence electrons. The molecule has 0 N–H and O–H groups in total. The van der Waals surface area contributed by atoms with Crippen LogP contribution in [0, 0.1) is 23.7 Å². The Kier molecular flexibility index (Phi) is 4.89. The van der Waals surface area contributed by atoms with Crippen molar-refractivity contribution in [2.24, 2.45) is 23.7 Å². The highest BCUT2D eigenvalue weighted by molar-refractivity contribution is 5.02. The van der Waals surface area contributed by atoms with Gasteiger partial charge in [-0.05, 0) is 43.4 Å². The van der Waals surface area contributed by atoms with Crippen molar-refractivity contribution in [3.8, 4) is 0 Å². The van der Waals surface area contributed by atoms with Crippen LogP contribution in [0.25, 0.3) is 0 Å². The Labute approximate surface area is 96.2 Å². The van der Waals surface area contributed by atoms with Crippen molar-refractivity contribution < 1.29 is 0 Å². The van der Waals surface area contributed by atoms with E-state index in [1.54, 1.807) is 0 Å². The minimum Gasteiger partial charge on any atom is -0.0999 e. The summed E-state index contributed by atoms with van der Waals surface area (Å²) >= 11 is 0. The molecule has 1 fully saturated rings. The first-order chi connectivity index (χ1) is 7.11. The van der Waals surface area contributed by atoms with E-state index in [0.717, 1.165) is 23.7 Å². The van der Waals surface area contributed by atoms with Gasteiger partial charge in [0.05, 0.1) is 0 Å². The van der Waals surface area contributed by atoms with Gasteiger partial charge in [-0.15, -0.1) is 0 Å². The minimum atomic E-state index is 0.804. The number of rotatable bonds is 4. The first-order valence-corrected chi connectivity index (χ1v) is 6.77. The minimum absolute atomic E-state index is 0.804. The van der Waals surface area contributed by atoms with E-state index >= 15 is 0 Å². The van der Waals surface area contributed by atoms with Crippen LogP contribution in [0.15, 0.2) is 12.2 Å². The summed E-state index contributed by atoms with van der Waals surface area (Å²) in [4.78, 5) is 0. The molecular weight excluding hydrogens is 180 g/mol. The molecule has 1 saturated carbocycles. The summed E-state index contributed by atoms with van der Waals surface area (Å²) in [5.74, 6) is 3.59. The predicted octanol–water partition coefficient (Wildman–Crippen LogP) is 5.05. The Hall–Kier alpha value is -0.260. The van der Waals surface area contributed by atoms with E-state index in [4.69, 9.17) is 0 Å². The molecule has 0 heteroatoms. The maximum absolute atomic E-state index is 4.18. The summed E-state index contributed by atoms with van der Waals surface area (Å²) in [5.41, 5.74) is 1.42. The smallest absolute Gasteiger partial charge is 0.0178 e. The summed E-state index contributed by atoms with van der Waals surface area (Å²) in [6.45, 7) is 13.6. The van der Waals surface area contributed by atoms with Crippen LogP contribution in [-0.2, 0) is 0 Å². The van der Waals surface area contributed by atoms with Crippen LogP contribution >= 0.6 is 0 Å². The van der Waals surface area contributed by atoms with Gasteiger partial charge in [0.25, 0.3) is 0 Å². The second-order valence-corrected chi connectivity index (χ2v) is 5.51. The lowest BCUT2D eigenvalue weighted by Gasteiger charge is -2.42. The summed E-state index contributed by atoms with van der Waals surface area (Å²) in [5, 5.41) is 0. The van der Waals surface area contributed by atoms with E-state index in [9.17, 15) is 0 Å². The lowest BCUT2D eigenvalue weighted by molar-refractivity contribution is 0.111. The average molecular weight is 208 g/mol.